The number of halogens is 4. The predicted octanol–water partition coefficient (Wildman–Crippen LogP) is 7.69. The summed E-state index contributed by atoms with van der Waals surface area (Å²) in [5.41, 5.74) is 4.92. The van der Waals surface area contributed by atoms with Crippen molar-refractivity contribution in [2.24, 2.45) is 5.41 Å². The number of nitrogens with two attached hydrogens (primary N) is 1. The molecule has 4 aliphatic rings. The number of benzene rings is 2. The highest BCUT2D eigenvalue weighted by Gasteiger charge is 2.50. The Morgan fingerprint density at radius 2 is 1.94 bits per heavy atom. The van der Waals surface area contributed by atoms with E-state index in [0.717, 1.165) is 43.6 Å². The Morgan fingerprint density at radius 1 is 1.17 bits per heavy atom. The number of hydrogen-bond donors (Lipinski definition) is 1. The van der Waals surface area contributed by atoms with Crippen LogP contribution in [-0.2, 0) is 4.74 Å². The Hall–Kier alpha value is -4.06. The van der Waals surface area contributed by atoms with Gasteiger partial charge in [0.15, 0.2) is 5.82 Å². The van der Waals surface area contributed by atoms with Crippen molar-refractivity contribution >= 4 is 60.8 Å². The lowest BCUT2D eigenvalue weighted by molar-refractivity contribution is -0.0390. The number of rotatable bonds is 5. The average Bonchev–Trinajstić information content (AvgIpc) is 3.72. The number of ether oxygens (including phenoxy) is 2. The van der Waals surface area contributed by atoms with Gasteiger partial charge in [0.1, 0.15) is 46.6 Å². The maximum atomic E-state index is 17.2. The smallest absolute Gasteiger partial charge is 0.410 e. The van der Waals surface area contributed by atoms with Gasteiger partial charge in [0, 0.05) is 60.9 Å². The van der Waals surface area contributed by atoms with Gasteiger partial charge in [-0.3, -0.25) is 4.90 Å². The summed E-state index contributed by atoms with van der Waals surface area (Å²) in [6.07, 6.45) is 2.43. The van der Waals surface area contributed by atoms with Crippen LogP contribution >= 0.6 is 22.9 Å². The van der Waals surface area contributed by atoms with Crippen molar-refractivity contribution in [1.82, 2.24) is 19.8 Å². The molecule has 6 heterocycles. The van der Waals surface area contributed by atoms with Crippen molar-refractivity contribution < 1.29 is 27.4 Å². The van der Waals surface area contributed by atoms with Gasteiger partial charge in [-0.1, -0.05) is 17.7 Å². The third-order valence-electron chi connectivity index (χ3n) is 10.9. The summed E-state index contributed by atoms with van der Waals surface area (Å²) in [6.45, 7) is 8.96. The van der Waals surface area contributed by atoms with Gasteiger partial charge >= 0.3 is 12.1 Å². The van der Waals surface area contributed by atoms with E-state index in [1.54, 1.807) is 11.0 Å². The largest absolute Gasteiger partial charge is 0.461 e. The van der Waals surface area contributed by atoms with E-state index in [1.165, 1.54) is 12.1 Å². The lowest BCUT2D eigenvalue weighted by Gasteiger charge is -2.54. The van der Waals surface area contributed by atoms with Gasteiger partial charge in [0.25, 0.3) is 0 Å². The summed E-state index contributed by atoms with van der Waals surface area (Å²) in [7, 11) is 0. The molecule has 2 atom stereocenters. The van der Waals surface area contributed by atoms with E-state index >= 15 is 4.39 Å². The number of alkyl halides is 1. The third kappa shape index (κ3) is 5.85. The van der Waals surface area contributed by atoms with Crippen LogP contribution in [0.4, 0.5) is 28.8 Å². The average molecular weight is 754 g/mol. The Kier molecular flexibility index (Phi) is 8.43. The Labute approximate surface area is 308 Å². The summed E-state index contributed by atoms with van der Waals surface area (Å²) < 4.78 is 58.7. The number of carbonyl (C=O) groups excluding carboxylic acids is 1. The van der Waals surface area contributed by atoms with Crippen molar-refractivity contribution in [2.75, 3.05) is 56.5 Å². The zero-order valence-corrected chi connectivity index (χ0v) is 30.8. The summed E-state index contributed by atoms with van der Waals surface area (Å²) in [4.78, 5) is 28.2. The normalized spacial score (nSPS) is 22.9. The molecule has 0 saturated carbocycles. The van der Waals surface area contributed by atoms with Gasteiger partial charge in [-0.25, -0.2) is 18.0 Å². The van der Waals surface area contributed by atoms with Gasteiger partial charge in [0.2, 0.25) is 0 Å². The topological polar surface area (TPSA) is 121 Å². The number of likely N-dealkylation sites (tertiary alicyclic amines) is 1. The van der Waals surface area contributed by atoms with Crippen LogP contribution in [0, 0.1) is 28.4 Å². The van der Waals surface area contributed by atoms with Crippen LogP contribution in [0.15, 0.2) is 18.2 Å². The van der Waals surface area contributed by atoms with E-state index in [-0.39, 0.29) is 66.4 Å². The minimum absolute atomic E-state index is 0.0250. The molecule has 0 bridgehead atoms. The zero-order valence-electron chi connectivity index (χ0n) is 29.2. The number of nitrogens with zero attached hydrogens (tertiary/aromatic N) is 6. The molecule has 4 saturated heterocycles. The lowest BCUT2D eigenvalue weighted by Crippen LogP contribution is -2.64. The Bertz CT molecular complexity index is 2160. The number of amides is 1. The van der Waals surface area contributed by atoms with Crippen LogP contribution in [0.5, 0.6) is 6.01 Å². The number of anilines is 2. The minimum Gasteiger partial charge on any atom is -0.461 e. The molecule has 0 unspecified atom stereocenters. The molecule has 0 radical (unpaired) electrons. The fraction of sp³-hybridized carbons (Fsp3) is 0.514. The first-order valence-electron chi connectivity index (χ1n) is 17.6. The second-order valence-electron chi connectivity index (χ2n) is 15.8. The number of hydrogen-bond acceptors (Lipinski definition) is 10. The van der Waals surface area contributed by atoms with Gasteiger partial charge < -0.3 is 25.0 Å². The van der Waals surface area contributed by atoms with Gasteiger partial charge in [-0.15, -0.1) is 11.3 Å². The van der Waals surface area contributed by atoms with Crippen molar-refractivity contribution in [3.05, 3.63) is 40.4 Å². The van der Waals surface area contributed by atoms with E-state index < -0.39 is 28.9 Å². The highest BCUT2D eigenvalue weighted by atomic mass is 35.5. The molecule has 274 valence electrons. The molecule has 2 aromatic heterocycles. The minimum atomic E-state index is -0.955. The number of fused-ring (bicyclic) bond motifs is 3. The maximum absolute atomic E-state index is 17.2. The highest BCUT2D eigenvalue weighted by Crippen LogP contribution is 2.47. The van der Waals surface area contributed by atoms with E-state index in [9.17, 15) is 18.8 Å². The lowest BCUT2D eigenvalue weighted by atomic mass is 9.73. The summed E-state index contributed by atoms with van der Waals surface area (Å²) in [5, 5.41) is 10.6. The van der Waals surface area contributed by atoms with Gasteiger partial charge in [-0.05, 0) is 70.7 Å². The molecule has 4 fully saturated rings. The van der Waals surface area contributed by atoms with Crippen molar-refractivity contribution in [1.29, 1.82) is 5.26 Å². The highest BCUT2D eigenvalue weighted by molar-refractivity contribution is 7.23. The summed E-state index contributed by atoms with van der Waals surface area (Å²) >= 11 is 7.82. The third-order valence-corrected chi connectivity index (χ3v) is 12.3. The van der Waals surface area contributed by atoms with Crippen molar-refractivity contribution in [3.63, 3.8) is 0 Å². The molecule has 8 rings (SSSR count). The maximum Gasteiger partial charge on any atom is 0.410 e. The quantitative estimate of drug-likeness (QED) is 0.219. The van der Waals surface area contributed by atoms with Gasteiger partial charge in [0.05, 0.1) is 20.8 Å². The number of aromatic nitrogens is 2. The SMILES string of the molecule is CC(C)(C)OC(=O)N1CC2(CCCN(c3nc(OC[C@@]45CCCN4C[C@H](F)C5)nc4c(F)c(-c5ccc(F)c6sc(N)c(C#N)c56)c(Cl)cc34)C2)C1. The Morgan fingerprint density at radius 3 is 2.69 bits per heavy atom. The van der Waals surface area contributed by atoms with Crippen LogP contribution in [0.25, 0.3) is 32.1 Å². The predicted molar refractivity (Wildman–Crippen MR) is 195 cm³/mol. The number of nitrogen functional groups attached to an aromatic ring is 1. The van der Waals surface area contributed by atoms with Crippen LogP contribution < -0.4 is 15.4 Å². The molecule has 10 nitrogen and oxygen atoms in total. The Balaban J connectivity index is 1.21. The van der Waals surface area contributed by atoms with Crippen molar-refractivity contribution in [3.8, 4) is 23.2 Å². The number of thiophene rings is 1. The second-order valence-corrected chi connectivity index (χ2v) is 17.2. The molecule has 1 spiro atoms. The van der Waals surface area contributed by atoms with Gasteiger partial charge in [-0.2, -0.15) is 15.2 Å². The fourth-order valence-corrected chi connectivity index (χ4v) is 9.98. The van der Waals surface area contributed by atoms with Crippen LogP contribution in [0.1, 0.15) is 58.4 Å². The van der Waals surface area contributed by atoms with E-state index in [1.807, 2.05) is 26.8 Å². The second kappa shape index (κ2) is 12.5. The van der Waals surface area contributed by atoms with E-state index in [2.05, 4.69) is 14.8 Å². The monoisotopic (exact) mass is 753 g/mol. The van der Waals surface area contributed by atoms with Crippen LogP contribution in [0.3, 0.4) is 0 Å². The molecule has 0 aliphatic carbocycles. The molecule has 52 heavy (non-hydrogen) atoms. The molecule has 4 aliphatic heterocycles. The van der Waals surface area contributed by atoms with Crippen molar-refractivity contribution in [2.45, 2.75) is 70.2 Å². The van der Waals surface area contributed by atoms with E-state index in [4.69, 9.17) is 31.8 Å². The molecular formula is C37H39ClF3N7O3S. The standard InChI is InChI=1S/C37H39ClF3N7O3S/c1-35(2,3)51-34(49)47-17-36(18-47)8-4-10-46(16-36)32-22-12-24(38)27(21-6-7-25(40)30-26(21)23(14-42)31(43)52-30)28(41)29(22)44-33(45-32)50-19-37-9-5-11-48(37)15-20(39)13-37/h6-7,12,20H,4-5,8-11,13,15-19,43H2,1-3H3/t20-,37+/m1/s1. The van der Waals surface area contributed by atoms with E-state index in [0.29, 0.717) is 50.3 Å². The van der Waals surface area contributed by atoms with Crippen LogP contribution in [0.2, 0.25) is 5.02 Å². The number of carbonyl (C=O) groups is 1. The molecule has 4 aromatic rings. The van der Waals surface area contributed by atoms with Crippen LogP contribution in [-0.4, -0.2) is 89.0 Å². The first-order valence-corrected chi connectivity index (χ1v) is 18.7. The first-order chi connectivity index (χ1) is 24.7. The summed E-state index contributed by atoms with van der Waals surface area (Å²) in [6, 6.07) is 6.18. The first kappa shape index (κ1) is 35.0. The summed E-state index contributed by atoms with van der Waals surface area (Å²) in [5.74, 6) is -0.938. The molecule has 2 N–H and O–H groups in total. The number of piperidine rings is 1. The zero-order chi connectivity index (χ0) is 36.7. The number of nitriles is 1. The fourth-order valence-electron chi connectivity index (χ4n) is 8.73. The molecule has 2 aromatic carbocycles. The molecule has 1 amide bonds. The molecule has 15 heteroatoms. The molecular weight excluding hydrogens is 715 g/mol.